The molecule has 1 N–H and O–H groups in total. The lowest BCUT2D eigenvalue weighted by Crippen LogP contribution is -2.50. The molecule has 0 spiro atoms. The van der Waals surface area contributed by atoms with E-state index in [9.17, 15) is 19.6 Å². The average Bonchev–Trinajstić information content (AvgIpc) is 2.97. The number of unbranched alkanes of at least 4 members (excludes halogenated alkanes) is 9. The first kappa shape index (κ1) is 26.0. The zero-order valence-corrected chi connectivity index (χ0v) is 18.4. The molecule has 0 unspecified atom stereocenters. The molecule has 1 fully saturated rings. The molecule has 0 aromatic rings. The second kappa shape index (κ2) is 15.8. The van der Waals surface area contributed by atoms with Gasteiger partial charge in [0.05, 0.1) is 19.4 Å². The Morgan fingerprint density at radius 1 is 0.867 bits per heavy atom. The van der Waals surface area contributed by atoms with Crippen LogP contribution in [-0.4, -0.2) is 34.6 Å². The van der Waals surface area contributed by atoms with E-state index < -0.39 is 22.8 Å². The molecule has 1 saturated heterocycles. The van der Waals surface area contributed by atoms with Gasteiger partial charge in [-0.05, 0) is 38.5 Å². The molecular weight excluding hydrogens is 386 g/mol. The van der Waals surface area contributed by atoms with Gasteiger partial charge < -0.3 is 4.74 Å². The lowest BCUT2D eigenvalue weighted by Gasteiger charge is -2.14. The number of rotatable bonds is 16. The van der Waals surface area contributed by atoms with Crippen molar-refractivity contribution in [2.75, 3.05) is 6.61 Å². The van der Waals surface area contributed by atoms with E-state index in [1.54, 1.807) is 0 Å². The summed E-state index contributed by atoms with van der Waals surface area (Å²) in [6, 6.07) is 0. The summed E-state index contributed by atoms with van der Waals surface area (Å²) in [5, 5.41) is 9.75. The van der Waals surface area contributed by atoms with Gasteiger partial charge in [-0.15, -0.1) is 0 Å². The third-order valence-electron chi connectivity index (χ3n) is 5.00. The Balaban J connectivity index is 1.91. The maximum absolute atomic E-state index is 11.5. The van der Waals surface area contributed by atoms with Crippen LogP contribution >= 0.6 is 0 Å². The van der Waals surface area contributed by atoms with Gasteiger partial charge >= 0.3 is 18.0 Å². The predicted octanol–water partition coefficient (Wildman–Crippen LogP) is 5.92. The summed E-state index contributed by atoms with van der Waals surface area (Å²) >= 11 is 0. The Kier molecular flexibility index (Phi) is 13.7. The van der Waals surface area contributed by atoms with E-state index in [-0.39, 0.29) is 19.4 Å². The first-order chi connectivity index (χ1) is 14.5. The summed E-state index contributed by atoms with van der Waals surface area (Å²) < 4.78 is 4.83. The number of allylic oxidation sites excluding steroid dienone is 4. The maximum Gasteiger partial charge on any atom is 0.564 e. The van der Waals surface area contributed by atoms with Crippen LogP contribution in [-0.2, 0) is 19.2 Å². The highest BCUT2D eigenvalue weighted by atomic mass is 17.0. The number of hydrogen-bond donors (Lipinski definition) is 1. The van der Waals surface area contributed by atoms with Crippen LogP contribution in [0.15, 0.2) is 24.3 Å². The molecule has 7 heteroatoms. The Labute approximate surface area is 180 Å². The molecular formula is C23H38NO6+. The van der Waals surface area contributed by atoms with E-state index in [1.165, 1.54) is 38.5 Å². The lowest BCUT2D eigenvalue weighted by atomic mass is 10.1. The van der Waals surface area contributed by atoms with Crippen molar-refractivity contribution in [2.45, 2.75) is 96.8 Å². The van der Waals surface area contributed by atoms with E-state index in [4.69, 9.17) is 4.74 Å². The lowest BCUT2D eigenvalue weighted by molar-refractivity contribution is -1.12. The van der Waals surface area contributed by atoms with Crippen molar-refractivity contribution >= 4 is 18.0 Å². The van der Waals surface area contributed by atoms with Crippen LogP contribution in [0.1, 0.15) is 96.8 Å². The Morgan fingerprint density at radius 3 is 2.00 bits per heavy atom. The average molecular weight is 425 g/mol. The van der Waals surface area contributed by atoms with Gasteiger partial charge in [0, 0.05) is 0 Å². The fraction of sp³-hybridized carbons (Fsp3) is 0.696. The minimum absolute atomic E-state index is 0.135. The molecule has 1 aliphatic rings. The molecule has 1 aliphatic heterocycles. The molecule has 0 bridgehead atoms. The van der Waals surface area contributed by atoms with Crippen LogP contribution in [0.3, 0.4) is 0 Å². The van der Waals surface area contributed by atoms with Crippen LogP contribution in [0.4, 0.5) is 4.79 Å². The third-order valence-corrected chi connectivity index (χ3v) is 5.00. The van der Waals surface area contributed by atoms with Crippen molar-refractivity contribution in [1.82, 2.24) is 0 Å². The smallest absolute Gasteiger partial charge is 0.431 e. The highest BCUT2D eigenvalue weighted by Gasteiger charge is 2.56. The first-order valence-electron chi connectivity index (χ1n) is 11.4. The monoisotopic (exact) mass is 424 g/mol. The highest BCUT2D eigenvalue weighted by molar-refractivity contribution is 5.90. The molecule has 0 aliphatic carbocycles. The van der Waals surface area contributed by atoms with Crippen molar-refractivity contribution in [3.05, 3.63) is 24.3 Å². The summed E-state index contributed by atoms with van der Waals surface area (Å²) in [6.07, 6.45) is 20.8. The number of nitrogens with zero attached hydrogens (tertiary/aromatic N) is 1. The number of hydrogen-bond acceptors (Lipinski definition) is 6. The van der Waals surface area contributed by atoms with Gasteiger partial charge in [0.25, 0.3) is 0 Å². The van der Waals surface area contributed by atoms with Crippen molar-refractivity contribution < 1.29 is 34.0 Å². The van der Waals surface area contributed by atoms with Crippen LogP contribution in [0.25, 0.3) is 0 Å². The Morgan fingerprint density at radius 2 is 1.40 bits per heavy atom. The topological polar surface area (TPSA) is 89.9 Å². The van der Waals surface area contributed by atoms with Crippen LogP contribution in [0.5, 0.6) is 0 Å². The van der Waals surface area contributed by atoms with Crippen LogP contribution < -0.4 is 0 Å². The molecule has 2 amide bonds. The zero-order valence-electron chi connectivity index (χ0n) is 18.4. The number of ether oxygens (including phenoxy) is 1. The van der Waals surface area contributed by atoms with E-state index in [0.29, 0.717) is 6.42 Å². The fourth-order valence-corrected chi connectivity index (χ4v) is 3.14. The van der Waals surface area contributed by atoms with Gasteiger partial charge in [-0.1, -0.05) is 69.8 Å². The molecule has 170 valence electrons. The number of carbonyl (C=O) groups excluding carboxylic acids is 3. The summed E-state index contributed by atoms with van der Waals surface area (Å²) in [5.41, 5.74) is 0. The molecule has 30 heavy (non-hydrogen) atoms. The van der Waals surface area contributed by atoms with Gasteiger partial charge in [-0.25, -0.2) is 9.59 Å². The second-order valence-electron chi connectivity index (χ2n) is 7.64. The Bertz CT molecular complexity index is 568. The zero-order chi connectivity index (χ0) is 22.1. The Hall–Kier alpha value is -1.99. The summed E-state index contributed by atoms with van der Waals surface area (Å²) in [6.45, 7) is 2.36. The second-order valence-corrected chi connectivity index (χ2v) is 7.64. The van der Waals surface area contributed by atoms with Gasteiger partial charge in [0.2, 0.25) is 0 Å². The minimum atomic E-state index is -1.93. The van der Waals surface area contributed by atoms with Gasteiger partial charge in [-0.2, -0.15) is 14.8 Å². The third kappa shape index (κ3) is 10.7. The van der Waals surface area contributed by atoms with E-state index in [1.807, 2.05) is 0 Å². The number of amides is 2. The predicted molar refractivity (Wildman–Crippen MR) is 113 cm³/mol. The normalized spacial score (nSPS) is 16.1. The number of quaternary nitrogens is 1. The van der Waals surface area contributed by atoms with E-state index in [0.717, 1.165) is 32.1 Å². The maximum atomic E-state index is 11.5. The van der Waals surface area contributed by atoms with Gasteiger partial charge in [0.1, 0.15) is 4.81 Å². The number of carbonyl (C=O) groups is 3. The molecule has 0 aromatic carbocycles. The quantitative estimate of drug-likeness (QED) is 0.0826. The van der Waals surface area contributed by atoms with Crippen molar-refractivity contribution in [2.24, 2.45) is 0 Å². The fourth-order valence-electron chi connectivity index (χ4n) is 3.14. The molecule has 7 nitrogen and oxygen atoms in total. The molecule has 0 atom stereocenters. The molecule has 0 aromatic heterocycles. The van der Waals surface area contributed by atoms with E-state index >= 15 is 0 Å². The largest absolute Gasteiger partial charge is 0.564 e. The van der Waals surface area contributed by atoms with Crippen molar-refractivity contribution in [3.63, 3.8) is 0 Å². The van der Waals surface area contributed by atoms with E-state index in [2.05, 4.69) is 36.1 Å². The summed E-state index contributed by atoms with van der Waals surface area (Å²) in [5.74, 6) is -1.71. The highest BCUT2D eigenvalue weighted by Crippen LogP contribution is 2.21. The van der Waals surface area contributed by atoms with Gasteiger partial charge in [0.15, 0.2) is 0 Å². The SMILES string of the molecule is CCCCCC=CCC=CCCCCCCCCOC(=O)O[N+]1(O)C(=O)CCC1=O. The minimum Gasteiger partial charge on any atom is -0.431 e. The molecule has 0 saturated carbocycles. The summed E-state index contributed by atoms with van der Waals surface area (Å²) in [7, 11) is 0. The van der Waals surface area contributed by atoms with Gasteiger partial charge in [-0.3, -0.25) is 0 Å². The summed E-state index contributed by atoms with van der Waals surface area (Å²) in [4.78, 5) is 36.9. The first-order valence-corrected chi connectivity index (χ1v) is 11.4. The van der Waals surface area contributed by atoms with Crippen molar-refractivity contribution in [3.8, 4) is 0 Å². The standard InChI is InChI=1S/C23H38NO6/c1-2-3-4-5-6-7-8-9-10-11-12-13-14-15-16-17-20-29-23(27)30-24(28)21(25)18-19-22(24)26/h6-7,9-10,28H,2-5,8,11-20H2,1H3/q+1. The molecule has 0 radical (unpaired) electrons. The molecule has 1 rings (SSSR count). The van der Waals surface area contributed by atoms with Crippen molar-refractivity contribution in [1.29, 1.82) is 0 Å². The van der Waals surface area contributed by atoms with Crippen LogP contribution in [0, 0.1) is 0 Å². The number of imide groups is 1. The molecule has 1 heterocycles. The van der Waals surface area contributed by atoms with Crippen LogP contribution in [0.2, 0.25) is 0 Å². The number of hydroxylamine groups is 4.